The van der Waals surface area contributed by atoms with Crippen molar-refractivity contribution < 1.29 is 9.53 Å². The third kappa shape index (κ3) is 3.70. The molecule has 15 heavy (non-hydrogen) atoms. The molecule has 0 unspecified atom stereocenters. The molecule has 0 bridgehead atoms. The van der Waals surface area contributed by atoms with Crippen molar-refractivity contribution >= 4 is 5.78 Å². The first-order valence-corrected chi connectivity index (χ1v) is 5.14. The number of hydrogen-bond acceptors (Lipinski definition) is 3. The summed E-state index contributed by atoms with van der Waals surface area (Å²) >= 11 is 0. The van der Waals surface area contributed by atoms with E-state index in [-0.39, 0.29) is 11.7 Å². The number of aryl methyl sites for hydroxylation is 1. The summed E-state index contributed by atoms with van der Waals surface area (Å²) in [4.78, 5) is 15.5. The molecule has 0 spiro atoms. The van der Waals surface area contributed by atoms with E-state index >= 15 is 0 Å². The van der Waals surface area contributed by atoms with Gasteiger partial charge in [-0.05, 0) is 18.1 Å². The van der Waals surface area contributed by atoms with Gasteiger partial charge in [0.25, 0.3) is 0 Å². The van der Waals surface area contributed by atoms with Crippen molar-refractivity contribution in [2.75, 3.05) is 7.11 Å². The molecule has 0 radical (unpaired) electrons. The van der Waals surface area contributed by atoms with E-state index in [2.05, 4.69) is 4.98 Å². The number of nitrogens with zero attached hydrogens (tertiary/aromatic N) is 1. The Kier molecular flexibility index (Phi) is 4.28. The van der Waals surface area contributed by atoms with Gasteiger partial charge in [0.05, 0.1) is 13.3 Å². The van der Waals surface area contributed by atoms with Gasteiger partial charge in [-0.15, -0.1) is 0 Å². The summed E-state index contributed by atoms with van der Waals surface area (Å²) in [5, 5.41) is 0. The van der Waals surface area contributed by atoms with Gasteiger partial charge in [-0.3, -0.25) is 9.78 Å². The lowest BCUT2D eigenvalue weighted by atomic mass is 10.0. The molecular weight excluding hydrogens is 190 g/mol. The molecule has 1 heterocycles. The Bertz CT molecular complexity index is 334. The molecule has 0 aliphatic heterocycles. The van der Waals surface area contributed by atoms with Gasteiger partial charge in [-0.2, -0.15) is 0 Å². The number of Topliss-reactive ketones (excluding diaryl/α,β-unsaturated/α-hetero) is 1. The van der Waals surface area contributed by atoms with E-state index in [1.807, 2.05) is 19.9 Å². The van der Waals surface area contributed by atoms with Crippen LogP contribution in [-0.4, -0.2) is 17.9 Å². The Morgan fingerprint density at radius 1 is 1.47 bits per heavy atom. The second kappa shape index (κ2) is 5.49. The minimum atomic E-state index is 0.114. The lowest BCUT2D eigenvalue weighted by molar-refractivity contribution is -0.121. The zero-order valence-corrected chi connectivity index (χ0v) is 9.49. The lowest BCUT2D eigenvalue weighted by Crippen LogP contribution is -2.07. The number of rotatable bonds is 5. The molecule has 1 aromatic heterocycles. The maximum atomic E-state index is 11.4. The first-order valence-electron chi connectivity index (χ1n) is 5.14. The van der Waals surface area contributed by atoms with Gasteiger partial charge < -0.3 is 4.74 Å². The van der Waals surface area contributed by atoms with Crippen molar-refractivity contribution in [3.05, 3.63) is 24.0 Å². The fraction of sp³-hybridized carbons (Fsp3) is 0.500. The first kappa shape index (κ1) is 11.7. The van der Waals surface area contributed by atoms with Crippen LogP contribution in [0.5, 0.6) is 5.75 Å². The predicted molar refractivity (Wildman–Crippen MR) is 59.0 cm³/mol. The molecule has 3 nitrogen and oxygen atoms in total. The third-order valence-electron chi connectivity index (χ3n) is 2.31. The molecule has 0 N–H and O–H groups in total. The Labute approximate surface area is 90.5 Å². The molecule has 0 saturated heterocycles. The Morgan fingerprint density at radius 3 is 2.80 bits per heavy atom. The number of ketones is 1. The van der Waals surface area contributed by atoms with Gasteiger partial charge in [-0.25, -0.2) is 0 Å². The quantitative estimate of drug-likeness (QED) is 0.743. The lowest BCUT2D eigenvalue weighted by Gasteiger charge is -2.05. The number of ether oxygens (including phenoxy) is 1. The van der Waals surface area contributed by atoms with Gasteiger partial charge in [0, 0.05) is 18.5 Å². The van der Waals surface area contributed by atoms with E-state index in [1.165, 1.54) is 0 Å². The Hall–Kier alpha value is -1.38. The number of carbonyl (C=O) groups is 1. The fourth-order valence-corrected chi connectivity index (χ4v) is 1.27. The van der Waals surface area contributed by atoms with Gasteiger partial charge in [0.1, 0.15) is 11.5 Å². The molecular formula is C12H17NO2. The molecule has 0 aliphatic carbocycles. The summed E-state index contributed by atoms with van der Waals surface area (Å²) in [6.07, 6.45) is 4.75. The summed E-state index contributed by atoms with van der Waals surface area (Å²) in [5.41, 5.74) is 1.04. The monoisotopic (exact) mass is 207 g/mol. The van der Waals surface area contributed by atoms with Gasteiger partial charge in [0.15, 0.2) is 0 Å². The van der Waals surface area contributed by atoms with Gasteiger partial charge in [-0.1, -0.05) is 13.8 Å². The van der Waals surface area contributed by atoms with Crippen LogP contribution >= 0.6 is 0 Å². The predicted octanol–water partition coefficient (Wildman–Crippen LogP) is 2.25. The highest BCUT2D eigenvalue weighted by molar-refractivity contribution is 5.80. The van der Waals surface area contributed by atoms with Crippen LogP contribution in [0.1, 0.15) is 25.8 Å². The van der Waals surface area contributed by atoms with Gasteiger partial charge >= 0.3 is 0 Å². The minimum absolute atomic E-state index is 0.114. The number of carbonyl (C=O) groups excluding carboxylic acids is 1. The Morgan fingerprint density at radius 2 is 2.20 bits per heavy atom. The van der Waals surface area contributed by atoms with Crippen LogP contribution in [0.3, 0.4) is 0 Å². The summed E-state index contributed by atoms with van der Waals surface area (Å²) in [5.74, 6) is 1.14. The summed E-state index contributed by atoms with van der Waals surface area (Å²) in [6.45, 7) is 3.85. The van der Waals surface area contributed by atoms with Crippen LogP contribution in [0.2, 0.25) is 0 Å². The topological polar surface area (TPSA) is 39.2 Å². The first-order chi connectivity index (χ1) is 7.13. The normalized spacial score (nSPS) is 10.4. The van der Waals surface area contributed by atoms with E-state index in [0.717, 1.165) is 17.7 Å². The van der Waals surface area contributed by atoms with Crippen LogP contribution in [-0.2, 0) is 11.2 Å². The molecule has 3 heteroatoms. The summed E-state index contributed by atoms with van der Waals surface area (Å²) in [7, 11) is 1.61. The van der Waals surface area contributed by atoms with Gasteiger partial charge in [0.2, 0.25) is 0 Å². The SMILES string of the molecule is COc1cncc(CCC(=O)C(C)C)c1. The van der Waals surface area contributed by atoms with Crippen LogP contribution in [0.25, 0.3) is 0 Å². The van der Waals surface area contributed by atoms with E-state index in [9.17, 15) is 4.79 Å². The summed E-state index contributed by atoms with van der Waals surface area (Å²) in [6, 6.07) is 1.92. The Balaban J connectivity index is 2.54. The van der Waals surface area contributed by atoms with Crippen LogP contribution in [0.4, 0.5) is 0 Å². The maximum Gasteiger partial charge on any atom is 0.137 e. The average Bonchev–Trinajstić information content (AvgIpc) is 2.26. The number of methoxy groups -OCH3 is 1. The van der Waals surface area contributed by atoms with Crippen molar-refractivity contribution in [3.63, 3.8) is 0 Å². The van der Waals surface area contributed by atoms with E-state index in [1.54, 1.807) is 19.5 Å². The van der Waals surface area contributed by atoms with Crippen molar-refractivity contribution in [2.45, 2.75) is 26.7 Å². The number of aromatic nitrogens is 1. The van der Waals surface area contributed by atoms with E-state index in [4.69, 9.17) is 4.74 Å². The van der Waals surface area contributed by atoms with Crippen molar-refractivity contribution in [1.29, 1.82) is 0 Å². The van der Waals surface area contributed by atoms with Crippen LogP contribution in [0.15, 0.2) is 18.5 Å². The molecule has 0 aromatic carbocycles. The van der Waals surface area contributed by atoms with E-state index in [0.29, 0.717) is 6.42 Å². The molecule has 0 aliphatic rings. The fourth-order valence-electron chi connectivity index (χ4n) is 1.27. The van der Waals surface area contributed by atoms with Crippen molar-refractivity contribution in [2.24, 2.45) is 5.92 Å². The second-order valence-electron chi connectivity index (χ2n) is 3.85. The van der Waals surface area contributed by atoms with E-state index < -0.39 is 0 Å². The molecule has 82 valence electrons. The highest BCUT2D eigenvalue weighted by Gasteiger charge is 2.07. The second-order valence-corrected chi connectivity index (χ2v) is 3.85. The maximum absolute atomic E-state index is 11.4. The summed E-state index contributed by atoms with van der Waals surface area (Å²) < 4.78 is 5.06. The molecule has 0 atom stereocenters. The molecule has 1 rings (SSSR count). The van der Waals surface area contributed by atoms with Crippen LogP contribution < -0.4 is 4.74 Å². The zero-order valence-electron chi connectivity index (χ0n) is 9.49. The largest absolute Gasteiger partial charge is 0.495 e. The molecule has 0 fully saturated rings. The highest BCUT2D eigenvalue weighted by Crippen LogP contribution is 2.12. The highest BCUT2D eigenvalue weighted by atomic mass is 16.5. The van der Waals surface area contributed by atoms with Crippen molar-refractivity contribution in [1.82, 2.24) is 4.98 Å². The molecule has 0 amide bonds. The van der Waals surface area contributed by atoms with Crippen molar-refractivity contribution in [3.8, 4) is 5.75 Å². The minimum Gasteiger partial charge on any atom is -0.495 e. The molecule has 0 saturated carbocycles. The third-order valence-corrected chi connectivity index (χ3v) is 2.31. The smallest absolute Gasteiger partial charge is 0.137 e. The number of hydrogen-bond donors (Lipinski definition) is 0. The van der Waals surface area contributed by atoms with Crippen LogP contribution in [0, 0.1) is 5.92 Å². The molecule has 1 aromatic rings. The standard InChI is InChI=1S/C12H17NO2/c1-9(2)12(14)5-4-10-6-11(15-3)8-13-7-10/h6-9H,4-5H2,1-3H3. The number of pyridine rings is 1. The average molecular weight is 207 g/mol. The zero-order chi connectivity index (χ0) is 11.3.